The number of likely N-dealkylation sites (N-methyl/N-ethyl adjacent to an activating group) is 1. The third-order valence-electron chi connectivity index (χ3n) is 4.34. The van der Waals surface area contributed by atoms with E-state index < -0.39 is 0 Å². The van der Waals surface area contributed by atoms with Gasteiger partial charge in [0.1, 0.15) is 11.6 Å². The topological polar surface area (TPSA) is 54.2 Å². The molecule has 0 amide bonds. The summed E-state index contributed by atoms with van der Waals surface area (Å²) in [6.45, 7) is 1.85. The van der Waals surface area contributed by atoms with Gasteiger partial charge >= 0.3 is 0 Å². The van der Waals surface area contributed by atoms with Crippen molar-refractivity contribution in [2.75, 3.05) is 7.05 Å². The summed E-state index contributed by atoms with van der Waals surface area (Å²) >= 11 is 0. The van der Waals surface area contributed by atoms with E-state index in [0.717, 1.165) is 50.4 Å². The molecule has 0 saturated heterocycles. The summed E-state index contributed by atoms with van der Waals surface area (Å²) in [5.41, 5.74) is 0. The lowest BCUT2D eigenvalue weighted by atomic mass is 9.91. The molecule has 1 aromatic rings. The first kappa shape index (κ1) is 12.1. The van der Waals surface area contributed by atoms with Crippen LogP contribution < -0.4 is 0 Å². The fraction of sp³-hybridized carbons (Fsp3) is 0.846. The molecule has 100 valence electrons. The lowest BCUT2D eigenvalue weighted by Crippen LogP contribution is -2.43. The third kappa shape index (κ3) is 2.17. The van der Waals surface area contributed by atoms with Gasteiger partial charge in [-0.1, -0.05) is 12.8 Å². The van der Waals surface area contributed by atoms with Crippen LogP contribution in [0.25, 0.3) is 0 Å². The Morgan fingerprint density at radius 1 is 1.28 bits per heavy atom. The Hall–Kier alpha value is -0.940. The summed E-state index contributed by atoms with van der Waals surface area (Å²) in [6, 6.07) is 0.285. The van der Waals surface area contributed by atoms with E-state index in [2.05, 4.69) is 26.7 Å². The van der Waals surface area contributed by atoms with Gasteiger partial charge in [-0.15, -0.1) is 10.2 Å². The Kier molecular flexibility index (Phi) is 3.35. The lowest BCUT2D eigenvalue weighted by molar-refractivity contribution is 0.0273. The van der Waals surface area contributed by atoms with E-state index >= 15 is 0 Å². The Morgan fingerprint density at radius 2 is 2.11 bits per heavy atom. The molecule has 2 aliphatic rings. The maximum atomic E-state index is 10.1. The maximum absolute atomic E-state index is 10.1. The first-order valence-electron chi connectivity index (χ1n) is 7.05. The monoisotopic (exact) mass is 250 g/mol. The van der Waals surface area contributed by atoms with Crippen LogP contribution >= 0.6 is 0 Å². The minimum Gasteiger partial charge on any atom is -0.391 e. The molecule has 0 aromatic carbocycles. The molecule has 2 atom stereocenters. The van der Waals surface area contributed by atoms with Crippen molar-refractivity contribution >= 4 is 0 Å². The Labute approximate surface area is 108 Å². The van der Waals surface area contributed by atoms with Crippen LogP contribution in [0.2, 0.25) is 0 Å². The Balaban J connectivity index is 1.68. The van der Waals surface area contributed by atoms with Crippen LogP contribution in [0.15, 0.2) is 0 Å². The number of aromatic nitrogens is 3. The van der Waals surface area contributed by atoms with Crippen molar-refractivity contribution in [2.45, 2.75) is 63.8 Å². The highest BCUT2D eigenvalue weighted by atomic mass is 16.3. The van der Waals surface area contributed by atoms with Crippen LogP contribution in [0.4, 0.5) is 0 Å². The van der Waals surface area contributed by atoms with Gasteiger partial charge in [-0.25, -0.2) is 0 Å². The molecule has 5 nitrogen and oxygen atoms in total. The fourth-order valence-corrected chi connectivity index (χ4v) is 3.27. The molecule has 18 heavy (non-hydrogen) atoms. The van der Waals surface area contributed by atoms with Gasteiger partial charge in [0.25, 0.3) is 0 Å². The van der Waals surface area contributed by atoms with Gasteiger partial charge in [0, 0.05) is 19.0 Å². The molecule has 0 radical (unpaired) electrons. The molecule has 0 spiro atoms. The molecule has 3 rings (SSSR count). The number of fused-ring (bicyclic) bond motifs is 1. The molecule has 1 aromatic heterocycles. The van der Waals surface area contributed by atoms with Crippen molar-refractivity contribution in [3.8, 4) is 0 Å². The fourth-order valence-electron chi connectivity index (χ4n) is 3.27. The number of aryl methyl sites for hydroxylation is 1. The minimum atomic E-state index is -0.176. The molecule has 1 aliphatic heterocycles. The van der Waals surface area contributed by atoms with Crippen molar-refractivity contribution in [3.63, 3.8) is 0 Å². The number of hydrogen-bond donors (Lipinski definition) is 1. The second-order valence-corrected chi connectivity index (χ2v) is 5.62. The predicted molar refractivity (Wildman–Crippen MR) is 68.1 cm³/mol. The largest absolute Gasteiger partial charge is 0.391 e. The number of aliphatic hydroxyl groups is 1. The van der Waals surface area contributed by atoms with E-state index in [-0.39, 0.29) is 12.1 Å². The molecule has 2 unspecified atom stereocenters. The van der Waals surface area contributed by atoms with E-state index in [1.165, 1.54) is 12.8 Å². The lowest BCUT2D eigenvalue weighted by Gasteiger charge is -2.34. The van der Waals surface area contributed by atoms with Crippen LogP contribution in [-0.2, 0) is 19.5 Å². The Bertz CT molecular complexity index is 417. The minimum absolute atomic E-state index is 0.176. The smallest absolute Gasteiger partial charge is 0.147 e. The van der Waals surface area contributed by atoms with E-state index in [4.69, 9.17) is 0 Å². The Morgan fingerprint density at radius 3 is 2.94 bits per heavy atom. The maximum Gasteiger partial charge on any atom is 0.147 e. The van der Waals surface area contributed by atoms with Crippen molar-refractivity contribution in [1.82, 2.24) is 19.7 Å². The van der Waals surface area contributed by atoms with Crippen LogP contribution in [0.1, 0.15) is 43.8 Å². The van der Waals surface area contributed by atoms with E-state index in [1.807, 2.05) is 0 Å². The van der Waals surface area contributed by atoms with E-state index in [0.29, 0.717) is 0 Å². The van der Waals surface area contributed by atoms with Crippen molar-refractivity contribution in [3.05, 3.63) is 11.6 Å². The quantitative estimate of drug-likeness (QED) is 0.868. The molecule has 0 bridgehead atoms. The molecule has 5 heteroatoms. The van der Waals surface area contributed by atoms with Crippen LogP contribution in [0, 0.1) is 0 Å². The number of hydrogen-bond acceptors (Lipinski definition) is 4. The normalized spacial score (nSPS) is 27.7. The zero-order valence-corrected chi connectivity index (χ0v) is 11.0. The highest BCUT2D eigenvalue weighted by molar-refractivity contribution is 5.01. The highest BCUT2D eigenvalue weighted by Crippen LogP contribution is 2.24. The second kappa shape index (κ2) is 4.97. The summed E-state index contributed by atoms with van der Waals surface area (Å²) in [4.78, 5) is 2.25. The van der Waals surface area contributed by atoms with Crippen LogP contribution in [-0.4, -0.2) is 44.0 Å². The summed E-state index contributed by atoms with van der Waals surface area (Å²) in [7, 11) is 2.09. The summed E-state index contributed by atoms with van der Waals surface area (Å²) < 4.78 is 2.24. The van der Waals surface area contributed by atoms with Gasteiger partial charge in [-0.3, -0.25) is 4.90 Å². The van der Waals surface area contributed by atoms with Gasteiger partial charge < -0.3 is 9.67 Å². The number of aliphatic hydroxyl groups excluding tert-OH is 1. The number of rotatable bonds is 3. The van der Waals surface area contributed by atoms with Crippen molar-refractivity contribution in [2.24, 2.45) is 0 Å². The average Bonchev–Trinajstić information content (AvgIpc) is 2.94. The van der Waals surface area contributed by atoms with Crippen molar-refractivity contribution < 1.29 is 5.11 Å². The SMILES string of the molecule is CN(Cc1nnc2n1CCC2)C1CCCCC1O. The molecular weight excluding hydrogens is 228 g/mol. The highest BCUT2D eigenvalue weighted by Gasteiger charge is 2.28. The van der Waals surface area contributed by atoms with Gasteiger partial charge in [0.15, 0.2) is 0 Å². The molecule has 1 aliphatic carbocycles. The standard InChI is InChI=1S/C13H22N4O/c1-16(10-5-2-3-6-11(10)18)9-13-15-14-12-7-4-8-17(12)13/h10-11,18H,2-9H2,1H3. The molecule has 2 heterocycles. The summed E-state index contributed by atoms with van der Waals surface area (Å²) in [5, 5.41) is 18.6. The van der Waals surface area contributed by atoms with Gasteiger partial charge in [0.2, 0.25) is 0 Å². The van der Waals surface area contributed by atoms with Gasteiger partial charge in [-0.2, -0.15) is 0 Å². The average molecular weight is 250 g/mol. The predicted octanol–water partition coefficient (Wildman–Crippen LogP) is 0.960. The number of nitrogens with zero attached hydrogens (tertiary/aromatic N) is 4. The van der Waals surface area contributed by atoms with E-state index in [9.17, 15) is 5.11 Å². The zero-order valence-electron chi connectivity index (χ0n) is 11.0. The molecule has 1 saturated carbocycles. The van der Waals surface area contributed by atoms with Gasteiger partial charge in [0.05, 0.1) is 12.6 Å². The van der Waals surface area contributed by atoms with Crippen molar-refractivity contribution in [1.29, 1.82) is 0 Å². The molecular formula is C13H22N4O. The zero-order chi connectivity index (χ0) is 12.5. The summed E-state index contributed by atoms with van der Waals surface area (Å²) in [5.74, 6) is 2.19. The van der Waals surface area contributed by atoms with Crippen LogP contribution in [0.5, 0.6) is 0 Å². The van der Waals surface area contributed by atoms with Crippen LogP contribution in [0.3, 0.4) is 0 Å². The molecule has 1 fully saturated rings. The third-order valence-corrected chi connectivity index (χ3v) is 4.34. The summed E-state index contributed by atoms with van der Waals surface area (Å²) in [6.07, 6.45) is 6.49. The first-order chi connectivity index (χ1) is 8.75. The molecule has 1 N–H and O–H groups in total. The van der Waals surface area contributed by atoms with E-state index in [1.54, 1.807) is 0 Å². The van der Waals surface area contributed by atoms with Gasteiger partial charge in [-0.05, 0) is 26.3 Å². The second-order valence-electron chi connectivity index (χ2n) is 5.62. The first-order valence-corrected chi connectivity index (χ1v) is 7.05.